The fraction of sp³-hybridized carbons (Fsp3) is 0.222. The number of rotatable bonds is 5. The first-order chi connectivity index (χ1) is 11.6. The normalized spacial score (nSPS) is 10.7. The first kappa shape index (κ1) is 15.9. The summed E-state index contributed by atoms with van der Waals surface area (Å²) in [5.74, 6) is -0.134. The molecule has 0 aliphatic heterocycles. The average Bonchev–Trinajstić information content (AvgIpc) is 2.63. The van der Waals surface area contributed by atoms with Crippen LogP contribution in [-0.2, 0) is 17.8 Å². The van der Waals surface area contributed by atoms with Crippen LogP contribution in [0.15, 0.2) is 59.8 Å². The summed E-state index contributed by atoms with van der Waals surface area (Å²) in [4.78, 5) is 34.8. The van der Waals surface area contributed by atoms with E-state index in [4.69, 9.17) is 0 Å². The molecule has 0 aliphatic carbocycles. The van der Waals surface area contributed by atoms with Crippen molar-refractivity contribution in [3.8, 4) is 0 Å². The number of pyridine rings is 1. The highest BCUT2D eigenvalue weighted by molar-refractivity contribution is 5.78. The van der Waals surface area contributed by atoms with Crippen LogP contribution in [0.2, 0.25) is 0 Å². The number of nitrogens with zero attached hydrogens (tertiary/aromatic N) is 4. The number of para-hydroxylation sites is 1. The Bertz CT molecular complexity index is 906. The van der Waals surface area contributed by atoms with E-state index in [-0.39, 0.29) is 18.0 Å². The molecular weight excluding hydrogens is 304 g/mol. The second-order valence-electron chi connectivity index (χ2n) is 5.58. The Morgan fingerprint density at radius 3 is 2.71 bits per heavy atom. The molecule has 2 aromatic heterocycles. The zero-order valence-electron chi connectivity index (χ0n) is 13.4. The maximum absolute atomic E-state index is 12.4. The molecule has 0 fully saturated rings. The van der Waals surface area contributed by atoms with Crippen molar-refractivity contribution < 1.29 is 4.79 Å². The molecule has 3 rings (SSSR count). The Labute approximate surface area is 139 Å². The minimum Gasteiger partial charge on any atom is -0.344 e. The molecule has 122 valence electrons. The molecule has 0 saturated carbocycles. The van der Waals surface area contributed by atoms with Gasteiger partial charge in [-0.05, 0) is 24.3 Å². The predicted octanol–water partition coefficient (Wildman–Crippen LogP) is 1.49. The van der Waals surface area contributed by atoms with Crippen LogP contribution in [0.25, 0.3) is 10.9 Å². The molecule has 2 heterocycles. The third kappa shape index (κ3) is 3.48. The molecule has 0 unspecified atom stereocenters. The fourth-order valence-corrected chi connectivity index (χ4v) is 2.44. The van der Waals surface area contributed by atoms with Crippen molar-refractivity contribution in [1.29, 1.82) is 0 Å². The Morgan fingerprint density at radius 2 is 1.92 bits per heavy atom. The maximum atomic E-state index is 12.4. The minimum absolute atomic E-state index is 0.0185. The molecule has 3 aromatic rings. The summed E-state index contributed by atoms with van der Waals surface area (Å²) in [6, 6.07) is 12.8. The van der Waals surface area contributed by atoms with Crippen LogP contribution in [-0.4, -0.2) is 38.9 Å². The number of carbonyl (C=O) groups excluding carboxylic acids is 1. The highest BCUT2D eigenvalue weighted by Gasteiger charge is 2.12. The van der Waals surface area contributed by atoms with E-state index in [1.807, 2.05) is 24.3 Å². The van der Waals surface area contributed by atoms with Crippen molar-refractivity contribution in [2.24, 2.45) is 0 Å². The second-order valence-corrected chi connectivity index (χ2v) is 5.58. The number of carbonyl (C=O) groups is 1. The van der Waals surface area contributed by atoms with E-state index < -0.39 is 0 Å². The number of fused-ring (bicyclic) bond motifs is 1. The third-order valence-electron chi connectivity index (χ3n) is 3.89. The quantitative estimate of drug-likeness (QED) is 0.714. The lowest BCUT2D eigenvalue weighted by molar-refractivity contribution is -0.130. The van der Waals surface area contributed by atoms with Gasteiger partial charge >= 0.3 is 0 Å². The van der Waals surface area contributed by atoms with Gasteiger partial charge in [-0.3, -0.25) is 19.1 Å². The van der Waals surface area contributed by atoms with E-state index in [1.54, 1.807) is 36.3 Å². The van der Waals surface area contributed by atoms with Gasteiger partial charge in [-0.1, -0.05) is 18.2 Å². The van der Waals surface area contributed by atoms with Gasteiger partial charge in [0.05, 0.1) is 17.2 Å². The molecule has 1 amide bonds. The average molecular weight is 322 g/mol. The van der Waals surface area contributed by atoms with Crippen molar-refractivity contribution in [2.45, 2.75) is 13.0 Å². The summed E-state index contributed by atoms with van der Waals surface area (Å²) in [5.41, 5.74) is 1.36. The van der Waals surface area contributed by atoms with Gasteiger partial charge < -0.3 is 4.90 Å². The number of benzene rings is 1. The van der Waals surface area contributed by atoms with Crippen LogP contribution < -0.4 is 5.56 Å². The molecule has 0 N–H and O–H groups in total. The lowest BCUT2D eigenvalue weighted by Crippen LogP contribution is -2.35. The number of amides is 1. The van der Waals surface area contributed by atoms with E-state index in [0.29, 0.717) is 23.9 Å². The van der Waals surface area contributed by atoms with Gasteiger partial charge in [0.2, 0.25) is 5.91 Å². The van der Waals surface area contributed by atoms with Gasteiger partial charge in [0.25, 0.3) is 5.56 Å². The summed E-state index contributed by atoms with van der Waals surface area (Å²) in [6.45, 7) is 0.529. The number of likely N-dealkylation sites (N-methyl/N-ethyl adjacent to an activating group) is 1. The van der Waals surface area contributed by atoms with Gasteiger partial charge in [0.1, 0.15) is 6.54 Å². The topological polar surface area (TPSA) is 68.1 Å². The SMILES string of the molecule is CN(CCc1ccccn1)C(=O)Cn1cnc2ccccc2c1=O. The van der Waals surface area contributed by atoms with E-state index >= 15 is 0 Å². The lowest BCUT2D eigenvalue weighted by Gasteiger charge is -2.17. The largest absolute Gasteiger partial charge is 0.344 e. The van der Waals surface area contributed by atoms with Crippen LogP contribution in [0.4, 0.5) is 0 Å². The highest BCUT2D eigenvalue weighted by Crippen LogP contribution is 2.05. The molecule has 6 heteroatoms. The summed E-state index contributed by atoms with van der Waals surface area (Å²) < 4.78 is 1.35. The minimum atomic E-state index is -0.202. The van der Waals surface area contributed by atoms with Gasteiger partial charge in [0.15, 0.2) is 0 Å². The molecule has 0 radical (unpaired) electrons. The monoisotopic (exact) mass is 322 g/mol. The molecule has 0 bridgehead atoms. The molecule has 24 heavy (non-hydrogen) atoms. The lowest BCUT2D eigenvalue weighted by atomic mass is 10.2. The molecule has 6 nitrogen and oxygen atoms in total. The van der Waals surface area contributed by atoms with E-state index in [1.165, 1.54) is 10.9 Å². The molecule has 0 aliphatic rings. The standard InChI is InChI=1S/C18H18N4O2/c1-21(11-9-14-6-4-5-10-19-14)17(23)12-22-13-20-16-8-3-2-7-15(16)18(22)24/h2-8,10,13H,9,11-12H2,1H3. The first-order valence-corrected chi connectivity index (χ1v) is 7.73. The fourth-order valence-electron chi connectivity index (χ4n) is 2.44. The van der Waals surface area contributed by atoms with E-state index in [0.717, 1.165) is 5.69 Å². The Kier molecular flexibility index (Phi) is 4.65. The van der Waals surface area contributed by atoms with Crippen LogP contribution in [0, 0.1) is 0 Å². The Morgan fingerprint density at radius 1 is 1.12 bits per heavy atom. The smallest absolute Gasteiger partial charge is 0.261 e. The van der Waals surface area contributed by atoms with Gasteiger partial charge in [-0.2, -0.15) is 0 Å². The molecule has 1 aromatic carbocycles. The highest BCUT2D eigenvalue weighted by atomic mass is 16.2. The van der Waals surface area contributed by atoms with Gasteiger partial charge in [0, 0.05) is 31.9 Å². The predicted molar refractivity (Wildman–Crippen MR) is 91.6 cm³/mol. The molecule has 0 atom stereocenters. The van der Waals surface area contributed by atoms with Crippen LogP contribution in [0.3, 0.4) is 0 Å². The van der Waals surface area contributed by atoms with Crippen molar-refractivity contribution in [3.63, 3.8) is 0 Å². The van der Waals surface area contributed by atoms with Gasteiger partial charge in [-0.25, -0.2) is 4.98 Å². The molecular formula is C18H18N4O2. The van der Waals surface area contributed by atoms with E-state index in [2.05, 4.69) is 9.97 Å². The number of hydrogen-bond donors (Lipinski definition) is 0. The van der Waals surface area contributed by atoms with Crippen molar-refractivity contribution >= 4 is 16.8 Å². The van der Waals surface area contributed by atoms with Crippen molar-refractivity contribution in [1.82, 2.24) is 19.4 Å². The molecule has 0 saturated heterocycles. The summed E-state index contributed by atoms with van der Waals surface area (Å²) in [5, 5.41) is 0.518. The maximum Gasteiger partial charge on any atom is 0.261 e. The Hall–Kier alpha value is -3.02. The first-order valence-electron chi connectivity index (χ1n) is 7.73. The number of hydrogen-bond acceptors (Lipinski definition) is 4. The summed E-state index contributed by atoms with van der Waals surface area (Å²) in [7, 11) is 1.73. The van der Waals surface area contributed by atoms with Crippen LogP contribution in [0.5, 0.6) is 0 Å². The summed E-state index contributed by atoms with van der Waals surface area (Å²) in [6.07, 6.45) is 3.83. The zero-order valence-corrected chi connectivity index (χ0v) is 13.4. The second kappa shape index (κ2) is 7.04. The summed E-state index contributed by atoms with van der Waals surface area (Å²) >= 11 is 0. The number of aromatic nitrogens is 3. The van der Waals surface area contributed by atoms with Crippen molar-refractivity contribution in [3.05, 3.63) is 71.0 Å². The van der Waals surface area contributed by atoms with Crippen LogP contribution in [0.1, 0.15) is 5.69 Å². The van der Waals surface area contributed by atoms with E-state index in [9.17, 15) is 9.59 Å². The zero-order chi connectivity index (χ0) is 16.9. The van der Waals surface area contributed by atoms with Crippen LogP contribution >= 0.6 is 0 Å². The van der Waals surface area contributed by atoms with Crippen molar-refractivity contribution in [2.75, 3.05) is 13.6 Å². The Balaban J connectivity index is 1.68. The van der Waals surface area contributed by atoms with Gasteiger partial charge in [-0.15, -0.1) is 0 Å². The third-order valence-corrected chi connectivity index (χ3v) is 3.89. The molecule has 0 spiro atoms.